The van der Waals surface area contributed by atoms with Gasteiger partial charge in [0.2, 0.25) is 5.91 Å². The molecule has 2 bridgehead atoms. The van der Waals surface area contributed by atoms with Crippen molar-refractivity contribution in [3.05, 3.63) is 34.3 Å². The van der Waals surface area contributed by atoms with Crippen LogP contribution in [0.5, 0.6) is 0 Å². The third-order valence-electron chi connectivity index (χ3n) is 4.77. The normalized spacial score (nSPS) is 26.6. The Hall–Kier alpha value is -1.36. The topological polar surface area (TPSA) is 58.2 Å². The summed E-state index contributed by atoms with van der Waals surface area (Å²) in [6.45, 7) is 0. The lowest BCUT2D eigenvalue weighted by Gasteiger charge is -2.20. The Bertz CT molecular complexity index is 561. The Morgan fingerprint density at radius 2 is 1.95 bits per heavy atom. The Morgan fingerprint density at radius 3 is 2.62 bits per heavy atom. The number of nitrogens with one attached hydrogen (secondary N) is 2. The molecule has 0 aromatic heterocycles. The van der Waals surface area contributed by atoms with Gasteiger partial charge in [0.25, 0.3) is 5.91 Å². The highest BCUT2D eigenvalue weighted by Gasteiger charge is 2.40. The summed E-state index contributed by atoms with van der Waals surface area (Å²) in [5.41, 5.74) is 5.54. The molecule has 0 unspecified atom stereocenters. The fourth-order valence-electron chi connectivity index (χ4n) is 3.75. The lowest BCUT2D eigenvalue weighted by Crippen LogP contribution is -2.42. The number of carbonyl (C=O) groups is 2. The second-order valence-electron chi connectivity index (χ2n) is 6.12. The first-order chi connectivity index (χ1) is 10.1. The largest absolute Gasteiger partial charge is 0.273 e. The zero-order valence-corrected chi connectivity index (χ0v) is 13.4. The third-order valence-corrected chi connectivity index (χ3v) is 5.46. The van der Waals surface area contributed by atoms with Crippen molar-refractivity contribution >= 4 is 27.7 Å². The lowest BCUT2D eigenvalue weighted by atomic mass is 9.86. The number of halogens is 1. The molecule has 2 N–H and O–H groups in total. The first-order valence-corrected chi connectivity index (χ1v) is 8.26. The predicted octanol–water partition coefficient (Wildman–Crippen LogP) is 3.04. The standard InChI is InChI=1S/C16H19BrN2O2/c17-14-4-2-1-3-13(14)16(21)19-18-15(20)9-12-8-10-5-6-11(12)7-10/h1-4,10-12H,5-9H2,(H,18,20)(H,19,21)/t10-,11+,12-/m0/s1. The van der Waals surface area contributed by atoms with E-state index in [0.717, 1.165) is 11.8 Å². The maximum absolute atomic E-state index is 12.0. The van der Waals surface area contributed by atoms with Crippen LogP contribution in [0.25, 0.3) is 0 Å². The van der Waals surface area contributed by atoms with Crippen LogP contribution in [-0.4, -0.2) is 11.8 Å². The number of rotatable bonds is 3. The summed E-state index contributed by atoms with van der Waals surface area (Å²) in [7, 11) is 0. The van der Waals surface area contributed by atoms with E-state index in [0.29, 0.717) is 22.4 Å². The number of fused-ring (bicyclic) bond motifs is 2. The number of hydrogen-bond donors (Lipinski definition) is 2. The molecular formula is C16H19BrN2O2. The number of amides is 2. The van der Waals surface area contributed by atoms with Gasteiger partial charge in [-0.15, -0.1) is 0 Å². The van der Waals surface area contributed by atoms with Gasteiger partial charge in [0.05, 0.1) is 5.56 Å². The van der Waals surface area contributed by atoms with E-state index in [4.69, 9.17) is 0 Å². The molecule has 5 heteroatoms. The zero-order valence-electron chi connectivity index (χ0n) is 11.8. The van der Waals surface area contributed by atoms with Crippen molar-refractivity contribution in [1.29, 1.82) is 0 Å². The number of carbonyl (C=O) groups excluding carboxylic acids is 2. The minimum atomic E-state index is -0.302. The van der Waals surface area contributed by atoms with E-state index in [-0.39, 0.29) is 11.8 Å². The van der Waals surface area contributed by atoms with Crippen LogP contribution in [0.1, 0.15) is 42.5 Å². The molecule has 0 saturated heterocycles. The fraction of sp³-hybridized carbons (Fsp3) is 0.500. The summed E-state index contributed by atoms with van der Waals surface area (Å²) in [6.07, 6.45) is 5.60. The Morgan fingerprint density at radius 1 is 1.14 bits per heavy atom. The van der Waals surface area contributed by atoms with Crippen LogP contribution >= 0.6 is 15.9 Å². The molecule has 2 saturated carbocycles. The number of hydrogen-bond acceptors (Lipinski definition) is 2. The molecule has 0 aliphatic heterocycles. The van der Waals surface area contributed by atoms with Crippen LogP contribution in [0.3, 0.4) is 0 Å². The molecule has 2 aliphatic carbocycles. The van der Waals surface area contributed by atoms with Gasteiger partial charge in [0, 0.05) is 10.9 Å². The Balaban J connectivity index is 1.48. The van der Waals surface area contributed by atoms with E-state index in [1.165, 1.54) is 25.7 Å². The summed E-state index contributed by atoms with van der Waals surface area (Å²) < 4.78 is 0.713. The quantitative estimate of drug-likeness (QED) is 0.823. The van der Waals surface area contributed by atoms with E-state index in [1.807, 2.05) is 6.07 Å². The van der Waals surface area contributed by atoms with Crippen LogP contribution in [-0.2, 0) is 4.79 Å². The molecule has 112 valence electrons. The highest BCUT2D eigenvalue weighted by Crippen LogP contribution is 2.49. The predicted molar refractivity (Wildman–Crippen MR) is 83.3 cm³/mol. The lowest BCUT2D eigenvalue weighted by molar-refractivity contribution is -0.123. The summed E-state index contributed by atoms with van der Waals surface area (Å²) in [6, 6.07) is 7.14. The minimum absolute atomic E-state index is 0.0899. The van der Waals surface area contributed by atoms with E-state index in [1.54, 1.807) is 18.2 Å². The van der Waals surface area contributed by atoms with Gasteiger partial charge in [-0.3, -0.25) is 20.4 Å². The molecule has 0 radical (unpaired) electrons. The molecule has 1 aromatic carbocycles. The van der Waals surface area contributed by atoms with Crippen LogP contribution < -0.4 is 10.9 Å². The van der Waals surface area contributed by atoms with Crippen molar-refractivity contribution in [3.8, 4) is 0 Å². The number of hydrazine groups is 1. The van der Waals surface area contributed by atoms with E-state index >= 15 is 0 Å². The van der Waals surface area contributed by atoms with Crippen molar-refractivity contribution in [2.45, 2.75) is 32.1 Å². The smallest absolute Gasteiger partial charge is 0.270 e. The maximum Gasteiger partial charge on any atom is 0.270 e. The van der Waals surface area contributed by atoms with Crippen molar-refractivity contribution in [1.82, 2.24) is 10.9 Å². The fourth-order valence-corrected chi connectivity index (χ4v) is 4.22. The van der Waals surface area contributed by atoms with E-state index in [2.05, 4.69) is 26.8 Å². The van der Waals surface area contributed by atoms with Gasteiger partial charge in [-0.05, 0) is 65.1 Å². The first-order valence-electron chi connectivity index (χ1n) is 7.47. The molecule has 2 fully saturated rings. The molecule has 0 spiro atoms. The highest BCUT2D eigenvalue weighted by molar-refractivity contribution is 9.10. The van der Waals surface area contributed by atoms with Crippen molar-refractivity contribution < 1.29 is 9.59 Å². The van der Waals surface area contributed by atoms with Crippen molar-refractivity contribution in [3.63, 3.8) is 0 Å². The monoisotopic (exact) mass is 350 g/mol. The molecule has 21 heavy (non-hydrogen) atoms. The average molecular weight is 351 g/mol. The van der Waals surface area contributed by atoms with Gasteiger partial charge in [0.1, 0.15) is 0 Å². The maximum atomic E-state index is 12.0. The van der Waals surface area contributed by atoms with Gasteiger partial charge >= 0.3 is 0 Å². The average Bonchev–Trinajstić information content (AvgIpc) is 3.08. The molecule has 3 rings (SSSR count). The summed E-state index contributed by atoms with van der Waals surface area (Å²) in [5.74, 6) is 1.67. The number of benzene rings is 1. The van der Waals surface area contributed by atoms with E-state index < -0.39 is 0 Å². The van der Waals surface area contributed by atoms with E-state index in [9.17, 15) is 9.59 Å². The molecule has 2 aliphatic rings. The Labute approximate surface area is 132 Å². The van der Waals surface area contributed by atoms with Crippen LogP contribution in [0.15, 0.2) is 28.7 Å². The summed E-state index contributed by atoms with van der Waals surface area (Å²) in [4.78, 5) is 23.9. The molecular weight excluding hydrogens is 332 g/mol. The third kappa shape index (κ3) is 3.28. The second-order valence-corrected chi connectivity index (χ2v) is 6.98. The molecule has 2 amide bonds. The molecule has 4 nitrogen and oxygen atoms in total. The summed E-state index contributed by atoms with van der Waals surface area (Å²) >= 11 is 3.32. The van der Waals surface area contributed by atoms with Gasteiger partial charge in [0.15, 0.2) is 0 Å². The van der Waals surface area contributed by atoms with Gasteiger partial charge in [-0.1, -0.05) is 18.6 Å². The molecule has 1 aromatic rings. The van der Waals surface area contributed by atoms with Crippen molar-refractivity contribution in [2.75, 3.05) is 0 Å². The van der Waals surface area contributed by atoms with Gasteiger partial charge in [-0.2, -0.15) is 0 Å². The SMILES string of the molecule is O=C(C[C@@H]1C[C@H]2CC[C@@H]1C2)NNC(=O)c1ccccc1Br. The molecule has 3 atom stereocenters. The van der Waals surface area contributed by atoms with Crippen molar-refractivity contribution in [2.24, 2.45) is 17.8 Å². The first kappa shape index (κ1) is 14.6. The van der Waals surface area contributed by atoms with Gasteiger partial charge in [-0.25, -0.2) is 0 Å². The zero-order chi connectivity index (χ0) is 14.8. The van der Waals surface area contributed by atoms with Gasteiger partial charge < -0.3 is 0 Å². The molecule has 0 heterocycles. The van der Waals surface area contributed by atoms with Crippen LogP contribution in [0, 0.1) is 17.8 Å². The minimum Gasteiger partial charge on any atom is -0.273 e. The Kier molecular flexibility index (Phi) is 4.29. The highest BCUT2D eigenvalue weighted by atomic mass is 79.9. The van der Waals surface area contributed by atoms with Crippen LogP contribution in [0.2, 0.25) is 0 Å². The summed E-state index contributed by atoms with van der Waals surface area (Å²) in [5, 5.41) is 0. The van der Waals surface area contributed by atoms with Crippen LogP contribution in [0.4, 0.5) is 0 Å². The second kappa shape index (κ2) is 6.18.